The molecule has 8 heteroatoms. The second-order valence-corrected chi connectivity index (χ2v) is 7.26. The zero-order valence-electron chi connectivity index (χ0n) is 10.1. The maximum absolute atomic E-state index is 12.4. The maximum Gasteiger partial charge on any atom is 0.239 e. The van der Waals surface area contributed by atoms with Crippen LogP contribution < -0.4 is 5.14 Å². The van der Waals surface area contributed by atoms with E-state index in [1.807, 2.05) is 0 Å². The van der Waals surface area contributed by atoms with Crippen LogP contribution in [0.5, 0.6) is 0 Å². The molecular weight excluding hydrogens is 322 g/mol. The van der Waals surface area contributed by atoms with Crippen LogP contribution in [0.1, 0.15) is 0 Å². The Morgan fingerprint density at radius 2 is 1.15 bits per heavy atom. The van der Waals surface area contributed by atoms with Gasteiger partial charge in [-0.05, 0) is 24.3 Å². The lowest BCUT2D eigenvalue weighted by molar-refractivity contribution is 0.583. The van der Waals surface area contributed by atoms with Gasteiger partial charge in [-0.3, -0.25) is 0 Å². The van der Waals surface area contributed by atoms with Crippen LogP contribution in [-0.2, 0) is 19.9 Å². The van der Waals surface area contributed by atoms with Gasteiger partial charge in [0, 0.05) is 0 Å². The number of sulfone groups is 1. The van der Waals surface area contributed by atoms with Crippen LogP contribution in [0.2, 0.25) is 0 Å². The predicted octanol–water partition coefficient (Wildman–Crippen LogP) is 1.59. The largest absolute Gasteiger partial charge is 0.239 e. The van der Waals surface area contributed by atoms with Gasteiger partial charge in [0.05, 0.1) is 9.79 Å². The Morgan fingerprint density at radius 3 is 1.65 bits per heavy atom. The van der Waals surface area contributed by atoms with E-state index in [0.717, 1.165) is 0 Å². The topological polar surface area (TPSA) is 94.3 Å². The molecule has 2 rings (SSSR count). The molecule has 0 aromatic heterocycles. The number of sulfonamides is 1. The number of benzene rings is 2. The molecule has 0 atom stereocenters. The van der Waals surface area contributed by atoms with Crippen LogP contribution in [0.4, 0.5) is 0 Å². The number of nitrogens with two attached hydrogens (primary N) is 1. The van der Waals surface area contributed by atoms with Crippen molar-refractivity contribution in [2.45, 2.75) is 14.7 Å². The molecule has 0 heterocycles. The van der Waals surface area contributed by atoms with Gasteiger partial charge in [0.15, 0.2) is 0 Å². The molecule has 2 aromatic rings. The smallest absolute Gasteiger partial charge is 0.225 e. The second kappa shape index (κ2) is 5.92. The van der Waals surface area contributed by atoms with Gasteiger partial charge in [-0.25, -0.2) is 22.0 Å². The molecule has 0 saturated heterocycles. The summed E-state index contributed by atoms with van der Waals surface area (Å²) in [6.45, 7) is 0. The van der Waals surface area contributed by atoms with Gasteiger partial charge in [0.1, 0.15) is 4.90 Å². The van der Waals surface area contributed by atoms with E-state index in [-0.39, 0.29) is 22.2 Å². The Kier molecular flexibility index (Phi) is 4.93. The van der Waals surface area contributed by atoms with Crippen molar-refractivity contribution < 1.29 is 16.8 Å². The number of halogens is 1. The molecule has 2 N–H and O–H groups in total. The van der Waals surface area contributed by atoms with Gasteiger partial charge in [-0.1, -0.05) is 30.3 Å². The van der Waals surface area contributed by atoms with Crippen molar-refractivity contribution in [2.24, 2.45) is 5.14 Å². The molecule has 0 bridgehead atoms. The first-order valence-electron chi connectivity index (χ1n) is 5.25. The summed E-state index contributed by atoms with van der Waals surface area (Å²) < 4.78 is 47.7. The molecule has 2 aromatic carbocycles. The quantitative estimate of drug-likeness (QED) is 0.922. The molecule has 0 aliphatic rings. The van der Waals surface area contributed by atoms with Crippen molar-refractivity contribution in [3.8, 4) is 0 Å². The first-order chi connectivity index (χ1) is 8.83. The van der Waals surface area contributed by atoms with Crippen molar-refractivity contribution >= 4 is 32.3 Å². The van der Waals surface area contributed by atoms with Gasteiger partial charge in [-0.15, -0.1) is 12.4 Å². The Labute approximate surface area is 123 Å². The van der Waals surface area contributed by atoms with Crippen molar-refractivity contribution in [1.29, 1.82) is 0 Å². The summed E-state index contributed by atoms with van der Waals surface area (Å²) in [6.07, 6.45) is 0. The average molecular weight is 334 g/mol. The zero-order chi connectivity index (χ0) is 14.1. The van der Waals surface area contributed by atoms with Crippen molar-refractivity contribution in [1.82, 2.24) is 0 Å². The molecule has 0 fully saturated rings. The minimum absolute atomic E-state index is 0. The summed E-state index contributed by atoms with van der Waals surface area (Å²) in [7, 11) is -8.02. The Balaban J connectivity index is 0.00000200. The highest BCUT2D eigenvalue weighted by Gasteiger charge is 2.25. The van der Waals surface area contributed by atoms with Crippen LogP contribution in [0, 0.1) is 0 Å². The zero-order valence-corrected chi connectivity index (χ0v) is 12.6. The van der Waals surface area contributed by atoms with E-state index in [4.69, 9.17) is 5.14 Å². The monoisotopic (exact) mass is 333 g/mol. The summed E-state index contributed by atoms with van der Waals surface area (Å²) in [5.41, 5.74) is 0. The number of rotatable bonds is 3. The fourth-order valence-electron chi connectivity index (χ4n) is 1.63. The molecule has 108 valence electrons. The Hall–Kier alpha value is -1.41. The molecule has 0 aliphatic carbocycles. The summed E-state index contributed by atoms with van der Waals surface area (Å²) in [6, 6.07) is 12.9. The molecule has 0 amide bonds. The van der Waals surface area contributed by atoms with Crippen LogP contribution >= 0.6 is 12.4 Å². The van der Waals surface area contributed by atoms with Gasteiger partial charge in [-0.2, -0.15) is 0 Å². The average Bonchev–Trinajstić information content (AvgIpc) is 2.39. The van der Waals surface area contributed by atoms with E-state index in [2.05, 4.69) is 0 Å². The van der Waals surface area contributed by atoms with E-state index in [0.29, 0.717) is 0 Å². The van der Waals surface area contributed by atoms with Crippen LogP contribution in [0.3, 0.4) is 0 Å². The number of hydrogen-bond acceptors (Lipinski definition) is 4. The molecule has 0 spiro atoms. The van der Waals surface area contributed by atoms with E-state index >= 15 is 0 Å². The highest BCUT2D eigenvalue weighted by atomic mass is 35.5. The fraction of sp³-hybridized carbons (Fsp3) is 0. The van der Waals surface area contributed by atoms with Crippen LogP contribution in [0.25, 0.3) is 0 Å². The first kappa shape index (κ1) is 16.6. The third kappa shape index (κ3) is 3.18. The minimum Gasteiger partial charge on any atom is -0.225 e. The van der Waals surface area contributed by atoms with Gasteiger partial charge >= 0.3 is 0 Å². The van der Waals surface area contributed by atoms with E-state index in [1.54, 1.807) is 18.2 Å². The third-order valence-corrected chi connectivity index (χ3v) is 5.42. The lowest BCUT2D eigenvalue weighted by Gasteiger charge is -2.08. The van der Waals surface area contributed by atoms with Gasteiger partial charge in [0.25, 0.3) is 0 Å². The normalized spacial score (nSPS) is 11.7. The maximum atomic E-state index is 12.4. The third-order valence-electron chi connectivity index (χ3n) is 2.50. The molecule has 0 saturated carbocycles. The molecule has 0 aliphatic heterocycles. The molecular formula is C12H12ClNO4S2. The SMILES string of the molecule is Cl.NS(=O)(=O)c1ccccc1S(=O)(=O)c1ccccc1. The molecule has 0 radical (unpaired) electrons. The number of primary sulfonamides is 1. The Bertz CT molecular complexity index is 802. The summed E-state index contributed by atoms with van der Waals surface area (Å²) in [4.78, 5) is -0.700. The van der Waals surface area contributed by atoms with Gasteiger partial charge in [0.2, 0.25) is 19.9 Å². The summed E-state index contributed by atoms with van der Waals surface area (Å²) in [5, 5.41) is 5.04. The first-order valence-corrected chi connectivity index (χ1v) is 8.28. The summed E-state index contributed by atoms with van der Waals surface area (Å²) in [5.74, 6) is 0. The van der Waals surface area contributed by atoms with Crippen LogP contribution in [0.15, 0.2) is 69.3 Å². The molecule has 20 heavy (non-hydrogen) atoms. The fourth-order valence-corrected chi connectivity index (χ4v) is 4.29. The lowest BCUT2D eigenvalue weighted by Crippen LogP contribution is -2.16. The minimum atomic E-state index is -4.10. The van der Waals surface area contributed by atoms with Gasteiger partial charge < -0.3 is 0 Å². The molecule has 0 unspecified atom stereocenters. The van der Waals surface area contributed by atoms with E-state index in [9.17, 15) is 16.8 Å². The standard InChI is InChI=1S/C12H11NO4S2.ClH/c13-19(16,17)12-9-5-4-8-11(12)18(14,15)10-6-2-1-3-7-10;/h1-9H,(H2,13,16,17);1H. The molecule has 5 nitrogen and oxygen atoms in total. The predicted molar refractivity (Wildman–Crippen MR) is 77.0 cm³/mol. The van der Waals surface area contributed by atoms with E-state index < -0.39 is 24.8 Å². The summed E-state index contributed by atoms with van der Waals surface area (Å²) >= 11 is 0. The highest BCUT2D eigenvalue weighted by Crippen LogP contribution is 2.25. The Morgan fingerprint density at radius 1 is 0.700 bits per heavy atom. The second-order valence-electron chi connectivity index (χ2n) is 3.81. The highest BCUT2D eigenvalue weighted by molar-refractivity contribution is 7.93. The van der Waals surface area contributed by atoms with Crippen molar-refractivity contribution in [3.63, 3.8) is 0 Å². The van der Waals surface area contributed by atoms with Crippen molar-refractivity contribution in [3.05, 3.63) is 54.6 Å². The number of hydrogen-bond donors (Lipinski definition) is 1. The van der Waals surface area contributed by atoms with E-state index in [1.165, 1.54) is 36.4 Å². The lowest BCUT2D eigenvalue weighted by atomic mass is 10.4. The van der Waals surface area contributed by atoms with Crippen LogP contribution in [-0.4, -0.2) is 16.8 Å². The van der Waals surface area contributed by atoms with Crippen molar-refractivity contribution in [2.75, 3.05) is 0 Å².